The molecule has 0 unspecified atom stereocenters. The lowest BCUT2D eigenvalue weighted by Crippen LogP contribution is -2.41. The van der Waals surface area contributed by atoms with Crippen LogP contribution in [-0.4, -0.2) is 36.5 Å². The van der Waals surface area contributed by atoms with Gasteiger partial charge in [-0.15, -0.1) is 24.0 Å². The van der Waals surface area contributed by atoms with Crippen LogP contribution in [0.2, 0.25) is 0 Å². The number of nitrogens with one attached hydrogen (secondary N) is 3. The number of aryl methyl sites for hydroxylation is 2. The number of hydrogen-bond acceptors (Lipinski definition) is 4. The van der Waals surface area contributed by atoms with Gasteiger partial charge in [-0.25, -0.2) is 9.98 Å². The number of oxazole rings is 1. The third-order valence-corrected chi connectivity index (χ3v) is 3.97. The lowest BCUT2D eigenvalue weighted by atomic mass is 10.1. The van der Waals surface area contributed by atoms with Crippen molar-refractivity contribution in [1.29, 1.82) is 0 Å². The minimum atomic E-state index is -4.43. The molecule has 1 heterocycles. The van der Waals surface area contributed by atoms with Crippen molar-refractivity contribution in [3.8, 4) is 0 Å². The van der Waals surface area contributed by atoms with E-state index in [1.807, 2.05) is 20.8 Å². The predicted octanol–water partition coefficient (Wildman–Crippen LogP) is 3.41. The van der Waals surface area contributed by atoms with Gasteiger partial charge < -0.3 is 20.4 Å². The largest absolute Gasteiger partial charge is 0.444 e. The van der Waals surface area contributed by atoms with Gasteiger partial charge in [-0.3, -0.25) is 4.79 Å². The number of hydrogen-bond donors (Lipinski definition) is 3. The first kappa shape index (κ1) is 25.7. The Kier molecular flexibility index (Phi) is 10.1. The van der Waals surface area contributed by atoms with Crippen molar-refractivity contribution >= 4 is 35.8 Å². The van der Waals surface area contributed by atoms with Crippen LogP contribution in [0.4, 0.5) is 13.2 Å². The van der Waals surface area contributed by atoms with E-state index in [1.54, 1.807) is 0 Å². The summed E-state index contributed by atoms with van der Waals surface area (Å²) in [6, 6.07) is 4.07. The highest BCUT2D eigenvalue weighted by Gasteiger charge is 2.30. The number of nitrogens with zero attached hydrogens (tertiary/aromatic N) is 2. The van der Waals surface area contributed by atoms with Gasteiger partial charge in [0.1, 0.15) is 12.3 Å². The maximum absolute atomic E-state index is 12.6. The molecule has 166 valence electrons. The summed E-state index contributed by atoms with van der Waals surface area (Å²) in [4.78, 5) is 20.7. The Labute approximate surface area is 189 Å². The van der Waals surface area contributed by atoms with Crippen LogP contribution in [-0.2, 0) is 12.7 Å². The van der Waals surface area contributed by atoms with E-state index < -0.39 is 17.6 Å². The topological polar surface area (TPSA) is 91.6 Å². The number of amides is 1. The zero-order valence-electron chi connectivity index (χ0n) is 16.9. The summed E-state index contributed by atoms with van der Waals surface area (Å²) < 4.78 is 43.2. The molecule has 1 aromatic carbocycles. The normalized spacial score (nSPS) is 11.6. The smallest absolute Gasteiger partial charge is 0.416 e. The molecule has 0 fully saturated rings. The summed E-state index contributed by atoms with van der Waals surface area (Å²) in [6.07, 6.45) is -4.43. The molecule has 0 saturated carbocycles. The van der Waals surface area contributed by atoms with Crippen molar-refractivity contribution in [2.24, 2.45) is 4.99 Å². The van der Waals surface area contributed by atoms with Gasteiger partial charge in [0.25, 0.3) is 5.91 Å². The van der Waals surface area contributed by atoms with Crippen molar-refractivity contribution in [3.05, 3.63) is 52.7 Å². The van der Waals surface area contributed by atoms with E-state index in [4.69, 9.17) is 4.42 Å². The molecule has 0 bridgehead atoms. The van der Waals surface area contributed by atoms with E-state index in [-0.39, 0.29) is 42.6 Å². The van der Waals surface area contributed by atoms with Gasteiger partial charge in [0, 0.05) is 25.2 Å². The highest BCUT2D eigenvalue weighted by atomic mass is 127. The van der Waals surface area contributed by atoms with Gasteiger partial charge in [-0.1, -0.05) is 0 Å². The predicted molar refractivity (Wildman–Crippen MR) is 118 cm³/mol. The van der Waals surface area contributed by atoms with E-state index in [2.05, 4.69) is 25.9 Å². The first-order valence-electron chi connectivity index (χ1n) is 9.11. The molecule has 30 heavy (non-hydrogen) atoms. The van der Waals surface area contributed by atoms with Crippen LogP contribution in [0.3, 0.4) is 0 Å². The third kappa shape index (κ3) is 7.84. The number of rotatable bonds is 7. The fourth-order valence-corrected chi connectivity index (χ4v) is 2.36. The summed E-state index contributed by atoms with van der Waals surface area (Å²) >= 11 is 0. The maximum Gasteiger partial charge on any atom is 0.416 e. The number of benzene rings is 1. The molecule has 11 heteroatoms. The SMILES string of the molecule is CCNC(=NCc1nc(C)c(C)o1)NCCNC(=O)c1ccc(C(F)(F)F)cc1.I. The average molecular weight is 539 g/mol. The summed E-state index contributed by atoms with van der Waals surface area (Å²) in [7, 11) is 0. The summed E-state index contributed by atoms with van der Waals surface area (Å²) in [5, 5.41) is 8.76. The van der Waals surface area contributed by atoms with Crippen molar-refractivity contribution < 1.29 is 22.4 Å². The van der Waals surface area contributed by atoms with Crippen molar-refractivity contribution in [2.45, 2.75) is 33.5 Å². The van der Waals surface area contributed by atoms with Crippen LogP contribution >= 0.6 is 24.0 Å². The lowest BCUT2D eigenvalue weighted by Gasteiger charge is -2.12. The van der Waals surface area contributed by atoms with Crippen LogP contribution in [0.25, 0.3) is 0 Å². The maximum atomic E-state index is 12.6. The van der Waals surface area contributed by atoms with E-state index in [0.717, 1.165) is 35.7 Å². The Hall–Kier alpha value is -2.31. The highest BCUT2D eigenvalue weighted by molar-refractivity contribution is 14.0. The molecular weight excluding hydrogens is 514 g/mol. The molecule has 0 aliphatic rings. The minimum Gasteiger partial charge on any atom is -0.444 e. The molecule has 3 N–H and O–H groups in total. The molecular formula is C19H25F3IN5O2. The molecule has 0 aliphatic carbocycles. The van der Waals surface area contributed by atoms with E-state index in [9.17, 15) is 18.0 Å². The molecule has 0 saturated heterocycles. The number of aliphatic imine (C=N–C) groups is 1. The molecule has 1 amide bonds. The molecule has 1 aromatic heterocycles. The molecule has 0 radical (unpaired) electrons. The lowest BCUT2D eigenvalue weighted by molar-refractivity contribution is -0.137. The van der Waals surface area contributed by atoms with Crippen molar-refractivity contribution in [3.63, 3.8) is 0 Å². The Bertz CT molecular complexity index is 831. The Morgan fingerprint density at radius 3 is 2.27 bits per heavy atom. The first-order chi connectivity index (χ1) is 13.7. The second-order valence-electron chi connectivity index (χ2n) is 6.20. The van der Waals surface area contributed by atoms with Crippen LogP contribution in [0.1, 0.15) is 40.2 Å². The summed E-state index contributed by atoms with van der Waals surface area (Å²) in [5.74, 6) is 1.34. The van der Waals surface area contributed by atoms with Crippen LogP contribution in [0.15, 0.2) is 33.7 Å². The zero-order valence-corrected chi connectivity index (χ0v) is 19.2. The highest BCUT2D eigenvalue weighted by Crippen LogP contribution is 2.29. The Morgan fingerprint density at radius 2 is 1.73 bits per heavy atom. The number of halogens is 4. The molecule has 2 rings (SSSR count). The minimum absolute atomic E-state index is 0. The fourth-order valence-electron chi connectivity index (χ4n) is 2.36. The summed E-state index contributed by atoms with van der Waals surface area (Å²) in [5.41, 5.74) is 0.186. The molecule has 0 spiro atoms. The van der Waals surface area contributed by atoms with Crippen LogP contribution in [0.5, 0.6) is 0 Å². The molecule has 2 aromatic rings. The second-order valence-corrected chi connectivity index (χ2v) is 6.20. The first-order valence-corrected chi connectivity index (χ1v) is 9.11. The molecule has 0 aliphatic heterocycles. The second kappa shape index (κ2) is 11.8. The monoisotopic (exact) mass is 539 g/mol. The van der Waals surface area contributed by atoms with Gasteiger partial charge in [-0.2, -0.15) is 13.2 Å². The van der Waals surface area contributed by atoms with Gasteiger partial charge in [0.2, 0.25) is 5.89 Å². The van der Waals surface area contributed by atoms with Crippen molar-refractivity contribution in [2.75, 3.05) is 19.6 Å². The summed E-state index contributed by atoms with van der Waals surface area (Å²) in [6.45, 7) is 7.16. The van der Waals surface area contributed by atoms with E-state index in [0.29, 0.717) is 24.9 Å². The number of alkyl halides is 3. The third-order valence-electron chi connectivity index (χ3n) is 3.97. The standard InChI is InChI=1S/C19H24F3N5O2.HI/c1-4-23-18(26-11-16-27-12(2)13(3)29-16)25-10-9-24-17(28)14-5-7-15(8-6-14)19(20,21)22;/h5-8H,4,9-11H2,1-3H3,(H,24,28)(H2,23,25,26);1H. The van der Waals surface area contributed by atoms with Crippen LogP contribution < -0.4 is 16.0 Å². The van der Waals surface area contributed by atoms with Gasteiger partial charge in [0.15, 0.2) is 5.96 Å². The quantitative estimate of drug-likeness (QED) is 0.217. The molecule has 0 atom stereocenters. The average Bonchev–Trinajstić information content (AvgIpc) is 3.00. The van der Waals surface area contributed by atoms with Gasteiger partial charge in [0.05, 0.1) is 11.3 Å². The van der Waals surface area contributed by atoms with E-state index in [1.165, 1.54) is 0 Å². The fraction of sp³-hybridized carbons (Fsp3) is 0.421. The number of guanidine groups is 1. The van der Waals surface area contributed by atoms with Crippen LogP contribution in [0, 0.1) is 13.8 Å². The number of carbonyl (C=O) groups is 1. The Morgan fingerprint density at radius 1 is 1.10 bits per heavy atom. The van der Waals surface area contributed by atoms with Gasteiger partial charge >= 0.3 is 6.18 Å². The zero-order chi connectivity index (χ0) is 21.4. The van der Waals surface area contributed by atoms with E-state index >= 15 is 0 Å². The Balaban J connectivity index is 0.00000450. The molecule has 7 nitrogen and oxygen atoms in total. The van der Waals surface area contributed by atoms with Crippen molar-refractivity contribution in [1.82, 2.24) is 20.9 Å². The number of carbonyl (C=O) groups excluding carboxylic acids is 1. The van der Waals surface area contributed by atoms with Gasteiger partial charge in [-0.05, 0) is 45.0 Å². The number of aromatic nitrogens is 1.